The van der Waals surface area contributed by atoms with E-state index in [2.05, 4.69) is 20.8 Å². The molecule has 0 aromatic carbocycles. The zero-order chi connectivity index (χ0) is 10.9. The van der Waals surface area contributed by atoms with Gasteiger partial charge in [0.25, 0.3) is 0 Å². The minimum absolute atomic E-state index is 0.0199. The summed E-state index contributed by atoms with van der Waals surface area (Å²) in [6.45, 7) is 10.3. The lowest BCUT2D eigenvalue weighted by Gasteiger charge is -2.30. The average Bonchev–Trinajstić information content (AvgIpc) is 2.14. The van der Waals surface area contributed by atoms with Gasteiger partial charge in [0.15, 0.2) is 0 Å². The third-order valence-electron chi connectivity index (χ3n) is 3.69. The SMILES string of the molecule is CCC(C)(C)C1=C(F)C(C)=C(C)CC1. The molecular formula is C13H21F. The van der Waals surface area contributed by atoms with Gasteiger partial charge in [0.05, 0.1) is 0 Å². The fourth-order valence-electron chi connectivity index (χ4n) is 1.87. The molecule has 1 aliphatic carbocycles. The topological polar surface area (TPSA) is 0 Å². The second-order valence-electron chi connectivity index (χ2n) is 4.94. The summed E-state index contributed by atoms with van der Waals surface area (Å²) in [6.07, 6.45) is 2.93. The van der Waals surface area contributed by atoms with Gasteiger partial charge in [-0.2, -0.15) is 0 Å². The van der Waals surface area contributed by atoms with Crippen molar-refractivity contribution in [1.82, 2.24) is 0 Å². The van der Waals surface area contributed by atoms with E-state index < -0.39 is 0 Å². The van der Waals surface area contributed by atoms with Crippen LogP contribution < -0.4 is 0 Å². The molecule has 0 fully saturated rings. The minimum Gasteiger partial charge on any atom is -0.207 e. The van der Waals surface area contributed by atoms with Crippen LogP contribution in [0.25, 0.3) is 0 Å². The monoisotopic (exact) mass is 196 g/mol. The molecule has 0 heterocycles. The van der Waals surface area contributed by atoms with Crippen LogP contribution in [0.4, 0.5) is 4.39 Å². The fourth-order valence-corrected chi connectivity index (χ4v) is 1.87. The third kappa shape index (κ3) is 1.92. The Hall–Kier alpha value is -0.590. The van der Waals surface area contributed by atoms with Crippen LogP contribution in [0.1, 0.15) is 53.9 Å². The van der Waals surface area contributed by atoms with Crippen molar-refractivity contribution in [3.05, 3.63) is 22.5 Å². The molecule has 1 heteroatoms. The fraction of sp³-hybridized carbons (Fsp3) is 0.692. The summed E-state index contributed by atoms with van der Waals surface area (Å²) in [4.78, 5) is 0. The third-order valence-corrected chi connectivity index (χ3v) is 3.69. The molecule has 1 rings (SSSR count). The lowest BCUT2D eigenvalue weighted by Crippen LogP contribution is -2.17. The van der Waals surface area contributed by atoms with Gasteiger partial charge in [0, 0.05) is 0 Å². The van der Waals surface area contributed by atoms with E-state index in [1.165, 1.54) is 5.57 Å². The van der Waals surface area contributed by atoms with Gasteiger partial charge in [0.1, 0.15) is 5.83 Å². The van der Waals surface area contributed by atoms with Crippen LogP contribution in [0.15, 0.2) is 22.5 Å². The second kappa shape index (κ2) is 3.88. The van der Waals surface area contributed by atoms with Crippen LogP contribution in [-0.2, 0) is 0 Å². The Labute approximate surface area is 86.9 Å². The van der Waals surface area contributed by atoms with E-state index in [0.29, 0.717) is 0 Å². The molecule has 0 saturated heterocycles. The standard InChI is InChI=1S/C13H21F/c1-6-13(4,5)11-8-7-9(2)10(3)12(11)14/h6-8H2,1-5H3. The van der Waals surface area contributed by atoms with Crippen LogP contribution in [0.2, 0.25) is 0 Å². The predicted molar refractivity (Wildman–Crippen MR) is 59.8 cm³/mol. The molecule has 1 aliphatic rings. The summed E-state index contributed by atoms with van der Waals surface area (Å²) in [5.41, 5.74) is 3.11. The number of hydrogen-bond donors (Lipinski definition) is 0. The molecule has 0 bridgehead atoms. The highest BCUT2D eigenvalue weighted by molar-refractivity contribution is 5.38. The number of halogens is 1. The van der Waals surface area contributed by atoms with Gasteiger partial charge in [-0.25, -0.2) is 4.39 Å². The maximum Gasteiger partial charge on any atom is 0.125 e. The van der Waals surface area contributed by atoms with Crippen molar-refractivity contribution in [2.45, 2.75) is 53.9 Å². The van der Waals surface area contributed by atoms with Crippen LogP contribution >= 0.6 is 0 Å². The summed E-state index contributed by atoms with van der Waals surface area (Å²) in [7, 11) is 0. The largest absolute Gasteiger partial charge is 0.207 e. The van der Waals surface area contributed by atoms with Crippen molar-refractivity contribution in [2.24, 2.45) is 5.41 Å². The molecule has 0 nitrogen and oxygen atoms in total. The van der Waals surface area contributed by atoms with Gasteiger partial charge in [-0.15, -0.1) is 0 Å². The van der Waals surface area contributed by atoms with Gasteiger partial charge in [0.2, 0.25) is 0 Å². The Bertz CT molecular complexity index is 292. The Balaban J connectivity index is 3.12. The number of allylic oxidation sites excluding steroid dienone is 4. The van der Waals surface area contributed by atoms with Gasteiger partial charge >= 0.3 is 0 Å². The van der Waals surface area contributed by atoms with Gasteiger partial charge in [-0.3, -0.25) is 0 Å². The highest BCUT2D eigenvalue weighted by Crippen LogP contribution is 2.42. The number of rotatable bonds is 2. The summed E-state index contributed by atoms with van der Waals surface area (Å²) < 4.78 is 14.0. The predicted octanol–water partition coefficient (Wildman–Crippen LogP) is 4.78. The van der Waals surface area contributed by atoms with Crippen LogP contribution in [0, 0.1) is 5.41 Å². The van der Waals surface area contributed by atoms with Crippen LogP contribution in [0.5, 0.6) is 0 Å². The maximum absolute atomic E-state index is 14.0. The summed E-state index contributed by atoms with van der Waals surface area (Å²) >= 11 is 0. The van der Waals surface area contributed by atoms with Crippen molar-refractivity contribution in [2.75, 3.05) is 0 Å². The first-order valence-electron chi connectivity index (χ1n) is 5.46. The first-order valence-corrected chi connectivity index (χ1v) is 5.46. The Morgan fingerprint density at radius 3 is 2.29 bits per heavy atom. The molecule has 0 amide bonds. The minimum atomic E-state index is 0.0199. The zero-order valence-electron chi connectivity index (χ0n) is 10.00. The Morgan fingerprint density at radius 1 is 1.21 bits per heavy atom. The molecule has 0 spiro atoms. The van der Waals surface area contributed by atoms with Crippen molar-refractivity contribution in [1.29, 1.82) is 0 Å². The molecule has 0 atom stereocenters. The maximum atomic E-state index is 14.0. The molecule has 80 valence electrons. The number of hydrogen-bond acceptors (Lipinski definition) is 0. The average molecular weight is 196 g/mol. The summed E-state index contributed by atoms with van der Waals surface area (Å²) in [6, 6.07) is 0. The Kier molecular flexibility index (Phi) is 3.18. The van der Waals surface area contributed by atoms with Gasteiger partial charge in [-0.05, 0) is 49.7 Å². The highest BCUT2D eigenvalue weighted by Gasteiger charge is 2.28. The first-order chi connectivity index (χ1) is 6.40. The van der Waals surface area contributed by atoms with E-state index in [1.807, 2.05) is 13.8 Å². The molecule has 0 saturated carbocycles. The summed E-state index contributed by atoms with van der Waals surface area (Å²) in [5.74, 6) is 0.0561. The van der Waals surface area contributed by atoms with Crippen molar-refractivity contribution in [3.63, 3.8) is 0 Å². The smallest absolute Gasteiger partial charge is 0.125 e. The molecule has 0 N–H and O–H groups in total. The van der Waals surface area contributed by atoms with E-state index in [4.69, 9.17) is 0 Å². The van der Waals surface area contributed by atoms with E-state index >= 15 is 0 Å². The quantitative estimate of drug-likeness (QED) is 0.596. The molecule has 0 unspecified atom stereocenters. The molecular weight excluding hydrogens is 175 g/mol. The van der Waals surface area contributed by atoms with Crippen molar-refractivity contribution >= 4 is 0 Å². The first kappa shape index (κ1) is 11.5. The van der Waals surface area contributed by atoms with Gasteiger partial charge in [-0.1, -0.05) is 26.3 Å². The van der Waals surface area contributed by atoms with E-state index in [-0.39, 0.29) is 11.2 Å². The zero-order valence-corrected chi connectivity index (χ0v) is 10.00. The van der Waals surface area contributed by atoms with Crippen LogP contribution in [0.3, 0.4) is 0 Å². The molecule has 0 aromatic heterocycles. The van der Waals surface area contributed by atoms with E-state index in [9.17, 15) is 4.39 Å². The lowest BCUT2D eigenvalue weighted by atomic mass is 9.75. The molecule has 0 aliphatic heterocycles. The van der Waals surface area contributed by atoms with Crippen molar-refractivity contribution < 1.29 is 4.39 Å². The van der Waals surface area contributed by atoms with Crippen LogP contribution in [-0.4, -0.2) is 0 Å². The normalized spacial score (nSPS) is 19.3. The van der Waals surface area contributed by atoms with E-state index in [1.54, 1.807) is 0 Å². The highest BCUT2D eigenvalue weighted by atomic mass is 19.1. The Morgan fingerprint density at radius 2 is 1.79 bits per heavy atom. The van der Waals surface area contributed by atoms with E-state index in [0.717, 1.165) is 30.4 Å². The van der Waals surface area contributed by atoms with Gasteiger partial charge < -0.3 is 0 Å². The lowest BCUT2D eigenvalue weighted by molar-refractivity contribution is 0.390. The second-order valence-corrected chi connectivity index (χ2v) is 4.94. The molecule has 0 aromatic rings. The molecule has 0 radical (unpaired) electrons. The van der Waals surface area contributed by atoms with Crippen molar-refractivity contribution in [3.8, 4) is 0 Å². The summed E-state index contributed by atoms with van der Waals surface area (Å²) in [5, 5.41) is 0. The molecule has 14 heavy (non-hydrogen) atoms.